The van der Waals surface area contributed by atoms with Gasteiger partial charge in [0.25, 0.3) is 0 Å². The van der Waals surface area contributed by atoms with Gasteiger partial charge in [0.15, 0.2) is 11.6 Å². The molecule has 3 nitrogen and oxygen atoms in total. The summed E-state index contributed by atoms with van der Waals surface area (Å²) in [5.41, 5.74) is 0.920. The number of nitrogens with zero attached hydrogens (tertiary/aromatic N) is 1. The Hall–Kier alpha value is -1.29. The van der Waals surface area contributed by atoms with E-state index in [4.69, 9.17) is 4.74 Å². The van der Waals surface area contributed by atoms with Gasteiger partial charge in [-0.05, 0) is 38.6 Å². The molecule has 0 spiro atoms. The maximum Gasteiger partial charge on any atom is 0.165 e. The van der Waals surface area contributed by atoms with Crippen molar-refractivity contribution in [2.75, 3.05) is 32.6 Å². The second kappa shape index (κ2) is 5.36. The summed E-state index contributed by atoms with van der Waals surface area (Å²) >= 11 is 0. The molecule has 4 heteroatoms. The first kappa shape index (κ1) is 12.2. The number of hydrogen-bond acceptors (Lipinski definition) is 3. The van der Waals surface area contributed by atoms with Gasteiger partial charge in [0.2, 0.25) is 0 Å². The maximum absolute atomic E-state index is 13.2. The van der Waals surface area contributed by atoms with Gasteiger partial charge in [0.05, 0.1) is 7.11 Å². The number of anilines is 1. The van der Waals surface area contributed by atoms with E-state index in [0.717, 1.165) is 25.2 Å². The van der Waals surface area contributed by atoms with Crippen LogP contribution in [-0.4, -0.2) is 38.2 Å². The lowest BCUT2D eigenvalue weighted by Crippen LogP contribution is -2.39. The largest absolute Gasteiger partial charge is 0.494 e. The molecule has 1 aromatic carbocycles. The molecule has 0 bridgehead atoms. The summed E-state index contributed by atoms with van der Waals surface area (Å²) in [6, 6.07) is 5.34. The van der Waals surface area contributed by atoms with Crippen LogP contribution in [0.25, 0.3) is 0 Å². The fraction of sp³-hybridized carbons (Fsp3) is 0.538. The van der Waals surface area contributed by atoms with Gasteiger partial charge in [-0.15, -0.1) is 0 Å². The molecule has 0 amide bonds. The third-order valence-corrected chi connectivity index (χ3v) is 3.15. The van der Waals surface area contributed by atoms with Crippen LogP contribution in [0, 0.1) is 5.82 Å². The van der Waals surface area contributed by atoms with Gasteiger partial charge in [-0.3, -0.25) is 0 Å². The van der Waals surface area contributed by atoms with Gasteiger partial charge in [-0.1, -0.05) is 0 Å². The van der Waals surface area contributed by atoms with Crippen LogP contribution in [0.2, 0.25) is 0 Å². The number of hydrogen-bond donors (Lipinski definition) is 1. The zero-order valence-corrected chi connectivity index (χ0v) is 10.4. The van der Waals surface area contributed by atoms with Crippen molar-refractivity contribution in [2.45, 2.75) is 18.9 Å². The summed E-state index contributed by atoms with van der Waals surface area (Å²) in [7, 11) is 3.61. The Morgan fingerprint density at radius 1 is 1.47 bits per heavy atom. The van der Waals surface area contributed by atoms with Crippen molar-refractivity contribution in [2.24, 2.45) is 0 Å². The monoisotopic (exact) mass is 238 g/mol. The quantitative estimate of drug-likeness (QED) is 0.874. The summed E-state index contributed by atoms with van der Waals surface area (Å²) in [6.07, 6.45) is 2.36. The molecule has 1 heterocycles. The third-order valence-electron chi connectivity index (χ3n) is 3.15. The second-order valence-corrected chi connectivity index (χ2v) is 4.60. The van der Waals surface area contributed by atoms with Crippen LogP contribution in [0.4, 0.5) is 10.1 Å². The van der Waals surface area contributed by atoms with E-state index in [1.807, 2.05) is 0 Å². The van der Waals surface area contributed by atoms with Crippen LogP contribution in [0.5, 0.6) is 5.75 Å². The second-order valence-electron chi connectivity index (χ2n) is 4.60. The average Bonchev–Trinajstić information content (AvgIpc) is 2.32. The van der Waals surface area contributed by atoms with Gasteiger partial charge >= 0.3 is 0 Å². The Balaban J connectivity index is 2.02. The Kier molecular flexibility index (Phi) is 3.84. The SMILES string of the molecule is COc1cc(NC2CCCN(C)C2)ccc1F. The van der Waals surface area contributed by atoms with Crippen molar-refractivity contribution < 1.29 is 9.13 Å². The first-order chi connectivity index (χ1) is 8.19. The number of methoxy groups -OCH3 is 1. The highest BCUT2D eigenvalue weighted by Gasteiger charge is 2.17. The minimum Gasteiger partial charge on any atom is -0.494 e. The van der Waals surface area contributed by atoms with E-state index in [1.165, 1.54) is 19.6 Å². The molecule has 94 valence electrons. The highest BCUT2D eigenvalue weighted by Crippen LogP contribution is 2.23. The van der Waals surface area contributed by atoms with Gasteiger partial charge in [0.1, 0.15) is 0 Å². The number of piperidine rings is 1. The number of likely N-dealkylation sites (N-methyl/N-ethyl adjacent to an activating group) is 1. The summed E-state index contributed by atoms with van der Waals surface area (Å²) in [6.45, 7) is 2.19. The van der Waals surface area contributed by atoms with E-state index < -0.39 is 0 Å². The number of likely N-dealkylation sites (tertiary alicyclic amines) is 1. The fourth-order valence-electron chi connectivity index (χ4n) is 2.27. The van der Waals surface area contributed by atoms with Crippen molar-refractivity contribution in [3.8, 4) is 5.75 Å². The summed E-state index contributed by atoms with van der Waals surface area (Å²) in [5.74, 6) is -0.0297. The summed E-state index contributed by atoms with van der Waals surface area (Å²) in [5, 5.41) is 3.42. The molecule has 1 aliphatic heterocycles. The highest BCUT2D eigenvalue weighted by molar-refractivity contribution is 5.49. The Labute approximate surface area is 102 Å². The Morgan fingerprint density at radius 3 is 3.00 bits per heavy atom. The molecule has 0 radical (unpaired) electrons. The van der Waals surface area contributed by atoms with Gasteiger partial charge < -0.3 is 15.0 Å². The molecule has 0 saturated carbocycles. The minimum absolute atomic E-state index is 0.291. The third kappa shape index (κ3) is 3.09. The Morgan fingerprint density at radius 2 is 2.29 bits per heavy atom. The van der Waals surface area contributed by atoms with E-state index in [1.54, 1.807) is 12.1 Å². The first-order valence-corrected chi connectivity index (χ1v) is 5.97. The van der Waals surface area contributed by atoms with Crippen LogP contribution in [-0.2, 0) is 0 Å². The highest BCUT2D eigenvalue weighted by atomic mass is 19.1. The van der Waals surface area contributed by atoms with E-state index in [-0.39, 0.29) is 5.82 Å². The average molecular weight is 238 g/mol. The normalized spacial score (nSPS) is 21.2. The lowest BCUT2D eigenvalue weighted by molar-refractivity contribution is 0.261. The topological polar surface area (TPSA) is 24.5 Å². The zero-order valence-electron chi connectivity index (χ0n) is 10.4. The molecule has 17 heavy (non-hydrogen) atoms. The van der Waals surface area contributed by atoms with Crippen molar-refractivity contribution >= 4 is 5.69 Å². The smallest absolute Gasteiger partial charge is 0.165 e. The van der Waals surface area contributed by atoms with Crippen LogP contribution in [0.3, 0.4) is 0 Å². The van der Waals surface area contributed by atoms with Gasteiger partial charge in [-0.2, -0.15) is 0 Å². The molecule has 0 aromatic heterocycles. The van der Waals surface area contributed by atoms with Crippen LogP contribution in [0.1, 0.15) is 12.8 Å². The number of benzene rings is 1. The summed E-state index contributed by atoms with van der Waals surface area (Å²) < 4.78 is 18.2. The van der Waals surface area contributed by atoms with Crippen molar-refractivity contribution in [1.29, 1.82) is 0 Å². The lowest BCUT2D eigenvalue weighted by Gasteiger charge is -2.31. The molecule has 1 aromatic rings. The van der Waals surface area contributed by atoms with Crippen LogP contribution >= 0.6 is 0 Å². The number of nitrogens with one attached hydrogen (secondary N) is 1. The van der Waals surface area contributed by atoms with E-state index in [9.17, 15) is 4.39 Å². The predicted octanol–water partition coefficient (Wildman–Crippen LogP) is 2.34. The standard InChI is InChI=1S/C13H19FN2O/c1-16-7-3-4-11(9-16)15-10-5-6-12(14)13(8-10)17-2/h5-6,8,11,15H,3-4,7,9H2,1-2H3. The van der Waals surface area contributed by atoms with E-state index in [0.29, 0.717) is 11.8 Å². The molecule has 1 unspecified atom stereocenters. The van der Waals surface area contributed by atoms with E-state index >= 15 is 0 Å². The van der Waals surface area contributed by atoms with Crippen molar-refractivity contribution in [3.63, 3.8) is 0 Å². The van der Waals surface area contributed by atoms with E-state index in [2.05, 4.69) is 17.3 Å². The van der Waals surface area contributed by atoms with Gasteiger partial charge in [0, 0.05) is 24.3 Å². The molecular formula is C13H19FN2O. The molecule has 1 atom stereocenters. The molecule has 1 saturated heterocycles. The number of ether oxygens (including phenoxy) is 1. The van der Waals surface area contributed by atoms with Crippen LogP contribution in [0.15, 0.2) is 18.2 Å². The van der Waals surface area contributed by atoms with Crippen molar-refractivity contribution in [1.82, 2.24) is 4.90 Å². The lowest BCUT2D eigenvalue weighted by atomic mass is 10.1. The number of halogens is 1. The minimum atomic E-state index is -0.321. The van der Waals surface area contributed by atoms with Crippen molar-refractivity contribution in [3.05, 3.63) is 24.0 Å². The Bertz CT molecular complexity index is 384. The van der Waals surface area contributed by atoms with Crippen LogP contribution < -0.4 is 10.1 Å². The molecule has 0 aliphatic carbocycles. The predicted molar refractivity (Wildman–Crippen MR) is 67.1 cm³/mol. The zero-order chi connectivity index (χ0) is 12.3. The number of rotatable bonds is 3. The summed E-state index contributed by atoms with van der Waals surface area (Å²) in [4.78, 5) is 2.31. The molecular weight excluding hydrogens is 219 g/mol. The first-order valence-electron chi connectivity index (χ1n) is 5.97. The maximum atomic E-state index is 13.2. The molecule has 2 rings (SSSR count). The molecule has 1 fully saturated rings. The molecule has 1 N–H and O–H groups in total. The molecule has 1 aliphatic rings. The fourth-order valence-corrected chi connectivity index (χ4v) is 2.27. The van der Waals surface area contributed by atoms with Gasteiger partial charge in [-0.25, -0.2) is 4.39 Å².